The zero-order valence-electron chi connectivity index (χ0n) is 10.8. The molecule has 0 aliphatic rings. The number of hydrogen-bond donors (Lipinski definition) is 1. The van der Waals surface area contributed by atoms with Gasteiger partial charge in [-0.05, 0) is 37.1 Å². The van der Waals surface area contributed by atoms with E-state index in [0.29, 0.717) is 0 Å². The van der Waals surface area contributed by atoms with Gasteiger partial charge in [0, 0.05) is 23.5 Å². The zero-order valence-corrected chi connectivity index (χ0v) is 10.8. The van der Waals surface area contributed by atoms with Crippen LogP contribution in [0.5, 0.6) is 5.75 Å². The number of rotatable bonds is 4. The predicted octanol–water partition coefficient (Wildman–Crippen LogP) is 2.51. The Morgan fingerprint density at radius 3 is 2.50 bits per heavy atom. The average Bonchev–Trinajstić information content (AvgIpc) is 2.39. The molecule has 3 heteroatoms. The van der Waals surface area contributed by atoms with Crippen LogP contribution >= 0.6 is 0 Å². The van der Waals surface area contributed by atoms with E-state index in [-0.39, 0.29) is 0 Å². The fraction of sp³-hybridized carbons (Fsp3) is 0.267. The van der Waals surface area contributed by atoms with Crippen LogP contribution in [0.15, 0.2) is 48.8 Å². The maximum atomic E-state index is 6.45. The first kappa shape index (κ1) is 12.6. The molecule has 0 spiro atoms. The summed E-state index contributed by atoms with van der Waals surface area (Å²) >= 11 is 0. The number of para-hydroxylation sites is 1. The van der Waals surface area contributed by atoms with Crippen molar-refractivity contribution in [2.24, 2.45) is 5.73 Å². The molecular weight excluding hydrogens is 224 g/mol. The third-order valence-corrected chi connectivity index (χ3v) is 3.04. The molecule has 0 aliphatic heterocycles. The van der Waals surface area contributed by atoms with Gasteiger partial charge in [0.25, 0.3) is 0 Å². The summed E-state index contributed by atoms with van der Waals surface area (Å²) in [6.07, 6.45) is 4.32. The lowest BCUT2D eigenvalue weighted by Crippen LogP contribution is -2.35. The Hall–Kier alpha value is -1.87. The molecule has 2 rings (SSSR count). The molecule has 0 radical (unpaired) electrons. The molecule has 1 aromatic carbocycles. The largest absolute Gasteiger partial charge is 0.496 e. The minimum absolute atomic E-state index is 0.464. The van der Waals surface area contributed by atoms with Crippen molar-refractivity contribution in [2.75, 3.05) is 7.11 Å². The SMILES string of the molecule is COc1ccccc1C(C)(N)Cc1ccncc1. The van der Waals surface area contributed by atoms with Crippen molar-refractivity contribution in [3.8, 4) is 5.75 Å². The van der Waals surface area contributed by atoms with Gasteiger partial charge in [0.2, 0.25) is 0 Å². The summed E-state index contributed by atoms with van der Waals surface area (Å²) in [7, 11) is 1.67. The lowest BCUT2D eigenvalue weighted by molar-refractivity contribution is 0.386. The Balaban J connectivity index is 2.30. The van der Waals surface area contributed by atoms with E-state index < -0.39 is 5.54 Å². The zero-order chi connectivity index (χ0) is 13.0. The van der Waals surface area contributed by atoms with E-state index >= 15 is 0 Å². The third kappa shape index (κ3) is 2.68. The van der Waals surface area contributed by atoms with Crippen LogP contribution in [-0.4, -0.2) is 12.1 Å². The van der Waals surface area contributed by atoms with Crippen LogP contribution < -0.4 is 10.5 Å². The Morgan fingerprint density at radius 2 is 1.83 bits per heavy atom. The molecule has 0 saturated heterocycles. The van der Waals surface area contributed by atoms with E-state index in [1.54, 1.807) is 19.5 Å². The molecule has 94 valence electrons. The highest BCUT2D eigenvalue weighted by molar-refractivity contribution is 5.39. The van der Waals surface area contributed by atoms with Crippen molar-refractivity contribution in [3.63, 3.8) is 0 Å². The van der Waals surface area contributed by atoms with Gasteiger partial charge in [0.15, 0.2) is 0 Å². The van der Waals surface area contributed by atoms with Gasteiger partial charge >= 0.3 is 0 Å². The lowest BCUT2D eigenvalue weighted by atomic mass is 9.86. The Morgan fingerprint density at radius 1 is 1.17 bits per heavy atom. The van der Waals surface area contributed by atoms with Gasteiger partial charge < -0.3 is 10.5 Å². The molecule has 3 nitrogen and oxygen atoms in total. The second kappa shape index (κ2) is 5.19. The van der Waals surface area contributed by atoms with E-state index in [1.807, 2.05) is 43.3 Å². The molecule has 0 bridgehead atoms. The number of nitrogens with zero attached hydrogens (tertiary/aromatic N) is 1. The molecule has 1 aromatic heterocycles. The summed E-state index contributed by atoms with van der Waals surface area (Å²) in [4.78, 5) is 4.02. The van der Waals surface area contributed by atoms with Crippen molar-refractivity contribution in [2.45, 2.75) is 18.9 Å². The number of nitrogens with two attached hydrogens (primary N) is 1. The molecule has 18 heavy (non-hydrogen) atoms. The minimum atomic E-state index is -0.464. The number of benzene rings is 1. The second-order valence-corrected chi connectivity index (χ2v) is 4.65. The molecule has 1 unspecified atom stereocenters. The standard InChI is InChI=1S/C15H18N2O/c1-15(16,11-12-7-9-17-10-8-12)13-5-3-4-6-14(13)18-2/h3-10H,11,16H2,1-2H3. The second-order valence-electron chi connectivity index (χ2n) is 4.65. The number of hydrogen-bond acceptors (Lipinski definition) is 3. The third-order valence-electron chi connectivity index (χ3n) is 3.04. The summed E-state index contributed by atoms with van der Waals surface area (Å²) < 4.78 is 5.38. The molecule has 1 atom stereocenters. The maximum absolute atomic E-state index is 6.45. The normalized spacial score (nSPS) is 13.9. The first-order chi connectivity index (χ1) is 8.63. The molecule has 0 fully saturated rings. The molecule has 0 saturated carbocycles. The highest BCUT2D eigenvalue weighted by Gasteiger charge is 2.25. The molecule has 2 N–H and O–H groups in total. The van der Waals surface area contributed by atoms with Crippen LogP contribution in [0.3, 0.4) is 0 Å². The lowest BCUT2D eigenvalue weighted by Gasteiger charge is -2.27. The van der Waals surface area contributed by atoms with Crippen molar-refractivity contribution < 1.29 is 4.74 Å². The highest BCUT2D eigenvalue weighted by Crippen LogP contribution is 2.30. The molecular formula is C15H18N2O. The summed E-state index contributed by atoms with van der Waals surface area (Å²) in [5.41, 5.74) is 8.17. The number of methoxy groups -OCH3 is 1. The minimum Gasteiger partial charge on any atom is -0.496 e. The van der Waals surface area contributed by atoms with E-state index in [4.69, 9.17) is 10.5 Å². The Labute approximate surface area is 108 Å². The van der Waals surface area contributed by atoms with Crippen LogP contribution in [0, 0.1) is 0 Å². The van der Waals surface area contributed by atoms with Gasteiger partial charge in [-0.1, -0.05) is 18.2 Å². The van der Waals surface area contributed by atoms with Gasteiger partial charge in [-0.2, -0.15) is 0 Å². The van der Waals surface area contributed by atoms with Crippen LogP contribution in [0.1, 0.15) is 18.1 Å². The summed E-state index contributed by atoms with van der Waals surface area (Å²) in [5.74, 6) is 0.830. The van der Waals surface area contributed by atoms with E-state index in [0.717, 1.165) is 17.7 Å². The predicted molar refractivity (Wildman–Crippen MR) is 72.5 cm³/mol. The van der Waals surface area contributed by atoms with Gasteiger partial charge in [0.1, 0.15) is 5.75 Å². The highest BCUT2D eigenvalue weighted by atomic mass is 16.5. The van der Waals surface area contributed by atoms with Crippen LogP contribution in [0.4, 0.5) is 0 Å². The van der Waals surface area contributed by atoms with Gasteiger partial charge in [-0.3, -0.25) is 4.98 Å². The van der Waals surface area contributed by atoms with Gasteiger partial charge in [-0.25, -0.2) is 0 Å². The molecule has 1 heterocycles. The van der Waals surface area contributed by atoms with Crippen molar-refractivity contribution in [1.29, 1.82) is 0 Å². The van der Waals surface area contributed by atoms with Crippen molar-refractivity contribution in [1.82, 2.24) is 4.98 Å². The Kier molecular flexibility index (Phi) is 3.63. The summed E-state index contributed by atoms with van der Waals surface area (Å²) in [6, 6.07) is 11.9. The summed E-state index contributed by atoms with van der Waals surface area (Å²) in [6.45, 7) is 2.02. The summed E-state index contributed by atoms with van der Waals surface area (Å²) in [5, 5.41) is 0. The smallest absolute Gasteiger partial charge is 0.123 e. The topological polar surface area (TPSA) is 48.1 Å². The van der Waals surface area contributed by atoms with E-state index in [1.165, 1.54) is 5.56 Å². The maximum Gasteiger partial charge on any atom is 0.123 e. The van der Waals surface area contributed by atoms with Gasteiger partial charge in [-0.15, -0.1) is 0 Å². The monoisotopic (exact) mass is 242 g/mol. The molecule has 0 amide bonds. The fourth-order valence-electron chi connectivity index (χ4n) is 2.14. The first-order valence-electron chi connectivity index (χ1n) is 5.95. The number of pyridine rings is 1. The molecule has 0 aliphatic carbocycles. The first-order valence-corrected chi connectivity index (χ1v) is 5.95. The van der Waals surface area contributed by atoms with Crippen molar-refractivity contribution in [3.05, 3.63) is 59.9 Å². The molecule has 2 aromatic rings. The van der Waals surface area contributed by atoms with Crippen molar-refractivity contribution >= 4 is 0 Å². The van der Waals surface area contributed by atoms with Crippen LogP contribution in [0.25, 0.3) is 0 Å². The Bertz CT molecular complexity index is 509. The number of ether oxygens (including phenoxy) is 1. The van der Waals surface area contributed by atoms with Gasteiger partial charge in [0.05, 0.1) is 7.11 Å². The van der Waals surface area contributed by atoms with E-state index in [2.05, 4.69) is 4.98 Å². The number of aromatic nitrogens is 1. The average molecular weight is 242 g/mol. The van der Waals surface area contributed by atoms with Crippen LogP contribution in [0.2, 0.25) is 0 Å². The quantitative estimate of drug-likeness (QED) is 0.896. The van der Waals surface area contributed by atoms with E-state index in [9.17, 15) is 0 Å². The van der Waals surface area contributed by atoms with Crippen LogP contribution in [-0.2, 0) is 12.0 Å². The fourth-order valence-corrected chi connectivity index (χ4v) is 2.14.